The number of benzene rings is 7. The summed E-state index contributed by atoms with van der Waals surface area (Å²) in [5.74, 6) is -15.7. The van der Waals surface area contributed by atoms with Gasteiger partial charge in [-0.05, 0) is 167 Å². The molecule has 8 heterocycles. The highest BCUT2D eigenvalue weighted by Gasteiger charge is 2.50. The van der Waals surface area contributed by atoms with Crippen LogP contribution in [0, 0.1) is 0 Å². The van der Waals surface area contributed by atoms with Crippen LogP contribution in [0.5, 0.6) is 69.0 Å². The van der Waals surface area contributed by atoms with Crippen LogP contribution in [0.15, 0.2) is 115 Å². The Hall–Kier alpha value is -11.4. The van der Waals surface area contributed by atoms with Crippen LogP contribution in [0.3, 0.4) is 0 Å². The topological polar surface area (TPSA) is 564 Å². The highest BCUT2D eigenvalue weighted by Crippen LogP contribution is 2.50. The molecule has 15 rings (SSSR count). The van der Waals surface area contributed by atoms with Crippen LogP contribution in [0.25, 0.3) is 11.1 Å². The van der Waals surface area contributed by atoms with Crippen molar-refractivity contribution in [3.63, 3.8) is 0 Å². The number of aliphatic hydroxyl groups excluding tert-OH is 7. The average molecular weight is 1720 g/mol. The van der Waals surface area contributed by atoms with E-state index in [1.807, 2.05) is 23.9 Å². The first kappa shape index (κ1) is 87.4. The molecule has 18 atom stereocenters. The summed E-state index contributed by atoms with van der Waals surface area (Å²) in [6.45, 7) is -0.0128. The Morgan fingerprint density at radius 3 is 1.83 bits per heavy atom. The minimum absolute atomic E-state index is 0.0746. The molecule has 0 radical (unpaired) electrons. The zero-order valence-corrected chi connectivity index (χ0v) is 66.8. The fourth-order valence-electron chi connectivity index (χ4n) is 14.7. The van der Waals surface area contributed by atoms with Crippen LogP contribution in [0.4, 0.5) is 0 Å². The van der Waals surface area contributed by atoms with E-state index < -0.39 is 247 Å². The van der Waals surface area contributed by atoms with Crippen molar-refractivity contribution in [2.24, 2.45) is 5.73 Å². The van der Waals surface area contributed by atoms with Crippen molar-refractivity contribution in [2.45, 2.75) is 129 Å². The van der Waals surface area contributed by atoms with E-state index in [4.69, 9.17) is 62.1 Å². The molecule has 22 N–H and O–H groups in total. The minimum Gasteiger partial charge on any atom is -0.508 e. The zero-order chi connectivity index (χ0) is 86.9. The van der Waals surface area contributed by atoms with Crippen LogP contribution in [0.2, 0.25) is 10.0 Å². The van der Waals surface area contributed by atoms with Gasteiger partial charge in [-0.2, -0.15) is 0 Å². The summed E-state index contributed by atoms with van der Waals surface area (Å²) in [6, 6.07) is 6.51. The molecule has 0 aromatic heterocycles. The molecule has 0 spiro atoms. The number of likely N-dealkylation sites (N-methyl/N-ethyl adjacent to an activating group) is 1. The molecule has 2 fully saturated rings. The summed E-state index contributed by atoms with van der Waals surface area (Å²) < 4.78 is 44.5. The maximum absolute atomic E-state index is 16.7. The smallest absolute Gasteiger partial charge is 0.252 e. The molecule has 4 unspecified atom stereocenters. The SMILES string of the molecule is CN[C@H]1C(=O)N[C@@H]2Cc3ccc(cc3)Oc3cc4cc(c3O[C@@H]3OC(C(=O)NCCCN(C)C)C(O)[C@H](O)C3N)Oc3ccc(cc3Cl)[C@@H](O)C3NC(=O)[C@H](NC(=O)[C@@H]4NC(=O)[C@@H](NC2=O)c2cc(cc(O)c2Cl)Oc2cc1ccc2O)c1ccc(O)c(c1)-c1c(O[C@H]2O[C@H](CO)[C@@H](O)[C@H](O)[C@@H]2O)cc(O)cc1[C@@H](C(=O)NCCCN(C)C)NC3=O. The number of hydrogen-bond donors (Lipinski definition) is 21. The second-order valence-electron chi connectivity index (χ2n) is 30.2. The van der Waals surface area contributed by atoms with E-state index in [-0.39, 0.29) is 59.2 Å². The highest BCUT2D eigenvalue weighted by atomic mass is 35.5. The lowest BCUT2D eigenvalue weighted by molar-refractivity contribution is -0.277. The van der Waals surface area contributed by atoms with Crippen LogP contribution < -0.4 is 77.3 Å². The first-order valence-electron chi connectivity index (χ1n) is 38.3. The number of amides is 8. The minimum atomic E-state index is -2.39. The lowest BCUT2D eigenvalue weighted by Gasteiger charge is -2.40. The normalized spacial score (nSPS) is 26.7. The number of hydrogen-bond acceptors (Lipinski definition) is 30. The number of phenols is 4. The summed E-state index contributed by atoms with van der Waals surface area (Å²) in [4.78, 5) is 128. The summed E-state index contributed by atoms with van der Waals surface area (Å²) >= 11 is 14.3. The standard InChI is InChI=1S/C81H90Cl2N12O26/c1-85-58-35-11-16-47(99)50(25-35)116-40-30-43(56(83)48(100)31-40)62-77(112)90-60-37-26-52(115-39-13-8-33(9-14-39)22-45(72(107)91-62)88-74(58)109)70(120-80-57(84)66(103)68(105)71(121-80)79(114)87-19-7-21-95(4)5)53(27-37)117-49-17-12-36(24-44(49)82)64(101)63-78(113)92-61(73(108)86-18-6-20-94(2)3)42-28-38(97)29-51(118-81-69(106)67(104)65(102)54(32-96)119-81)55(42)41-23-34(10-15-46(41)98)59(75(110)93-63)89-76(60)111/h8-17,23-31,45,54,57-69,71,80-81,85,96-106H,6-7,18-22,32,84H2,1-5H3,(H,86,108)(H,87,114)(H,88,109)(H,89,111)(H,90,112)(H,91,107)(H,92,113)(H,93,110)/t45-,54-,57?,58-,59-,60-,61+,62+,63?,64-,65-,66-,67+,68?,69+,71?,80-,81+/m1/s1. The highest BCUT2D eigenvalue weighted by molar-refractivity contribution is 6.33. The quantitative estimate of drug-likeness (QED) is 0.0575. The van der Waals surface area contributed by atoms with E-state index in [1.54, 1.807) is 14.1 Å². The number of fused-ring (bicyclic) bond motifs is 14. The van der Waals surface area contributed by atoms with Gasteiger partial charge in [-0.1, -0.05) is 53.5 Å². The molecule has 8 amide bonds. The van der Waals surface area contributed by atoms with Crippen LogP contribution in [0.1, 0.15) is 88.1 Å². The van der Waals surface area contributed by atoms with Crippen molar-refractivity contribution in [1.29, 1.82) is 0 Å². The van der Waals surface area contributed by atoms with Gasteiger partial charge in [0, 0.05) is 48.3 Å². The maximum atomic E-state index is 16.7. The second kappa shape index (κ2) is 36.9. The Labute approximate surface area is 699 Å². The van der Waals surface area contributed by atoms with E-state index in [2.05, 4.69) is 47.9 Å². The molecule has 7 aromatic rings. The van der Waals surface area contributed by atoms with Crippen molar-refractivity contribution in [2.75, 3.05) is 68.0 Å². The van der Waals surface area contributed by atoms with Gasteiger partial charge in [0.05, 0.1) is 22.7 Å². The van der Waals surface area contributed by atoms with Gasteiger partial charge in [0.25, 0.3) is 5.91 Å². The number of aliphatic hydroxyl groups is 7. The van der Waals surface area contributed by atoms with Gasteiger partial charge in [-0.15, -0.1) is 0 Å². The maximum Gasteiger partial charge on any atom is 0.252 e. The van der Waals surface area contributed by atoms with Crippen molar-refractivity contribution >= 4 is 70.5 Å². The number of nitrogens with zero attached hydrogens (tertiary/aromatic N) is 2. The van der Waals surface area contributed by atoms with Crippen molar-refractivity contribution in [3.8, 4) is 80.1 Å². The third kappa shape index (κ3) is 18.9. The Kier molecular flexibility index (Phi) is 26.6. The molecule has 7 aromatic carbocycles. The summed E-state index contributed by atoms with van der Waals surface area (Å²) in [5.41, 5.74) is 4.24. The lowest BCUT2D eigenvalue weighted by atomic mass is 9.89. The van der Waals surface area contributed by atoms with Gasteiger partial charge in [-0.3, -0.25) is 38.4 Å². The number of rotatable bonds is 16. The molecule has 8 aliphatic rings. The molecule has 2 saturated heterocycles. The van der Waals surface area contributed by atoms with Gasteiger partial charge < -0.3 is 153 Å². The van der Waals surface area contributed by atoms with Crippen LogP contribution in [-0.4, -0.2) is 255 Å². The van der Waals surface area contributed by atoms with Crippen LogP contribution in [-0.2, 0) is 54.3 Å². The van der Waals surface area contributed by atoms with E-state index >= 15 is 28.8 Å². The molecule has 8 aliphatic heterocycles. The zero-order valence-electron chi connectivity index (χ0n) is 65.3. The molecule has 0 aliphatic carbocycles. The molecule has 17 bridgehead atoms. The average Bonchev–Trinajstić information content (AvgIpc) is 0.757. The molecule has 0 saturated carbocycles. The third-order valence-corrected chi connectivity index (χ3v) is 21.8. The number of nitrogens with two attached hydrogens (primary N) is 1. The van der Waals surface area contributed by atoms with E-state index in [0.29, 0.717) is 31.5 Å². The molecule has 644 valence electrons. The molecule has 38 nitrogen and oxygen atoms in total. The van der Waals surface area contributed by atoms with E-state index in [0.717, 1.165) is 60.7 Å². The van der Waals surface area contributed by atoms with Gasteiger partial charge in [0.1, 0.15) is 125 Å². The first-order chi connectivity index (χ1) is 57.7. The number of carbonyl (C=O) groups is 8. The molecule has 40 heteroatoms. The van der Waals surface area contributed by atoms with Gasteiger partial charge in [0.15, 0.2) is 29.1 Å². The summed E-state index contributed by atoms with van der Waals surface area (Å²) in [7, 11) is 8.61. The Bertz CT molecular complexity index is 5130. The largest absolute Gasteiger partial charge is 0.508 e. The number of carbonyl (C=O) groups excluding carboxylic acids is 8. The van der Waals surface area contributed by atoms with Gasteiger partial charge in [-0.25, -0.2) is 0 Å². The fourth-order valence-corrected chi connectivity index (χ4v) is 15.1. The lowest BCUT2D eigenvalue weighted by Crippen LogP contribution is -2.65. The summed E-state index contributed by atoms with van der Waals surface area (Å²) in [6.07, 6.45) is -19.6. The fraction of sp³-hybridized carbons (Fsp3) is 0.383. The second-order valence-corrected chi connectivity index (χ2v) is 31.0. The molecule has 121 heavy (non-hydrogen) atoms. The Morgan fingerprint density at radius 1 is 0.537 bits per heavy atom. The third-order valence-electron chi connectivity index (χ3n) is 21.1. The number of nitrogens with one attached hydrogen (secondary N) is 9. The van der Waals surface area contributed by atoms with Crippen molar-refractivity contribution in [1.82, 2.24) is 57.7 Å². The number of aromatic hydroxyl groups is 4. The molecular formula is C81H90Cl2N12O26. The number of ether oxygens (including phenoxy) is 7. The summed E-state index contributed by atoms with van der Waals surface area (Å²) in [5, 5.41) is 150. The Morgan fingerprint density at radius 2 is 1.16 bits per heavy atom. The molecular weight excluding hydrogens is 1630 g/mol. The van der Waals surface area contributed by atoms with Crippen molar-refractivity contribution < 1.29 is 128 Å². The van der Waals surface area contributed by atoms with E-state index in [9.17, 15) is 65.8 Å². The predicted molar refractivity (Wildman–Crippen MR) is 425 cm³/mol. The van der Waals surface area contributed by atoms with Crippen LogP contribution >= 0.6 is 23.2 Å². The first-order valence-corrected chi connectivity index (χ1v) is 39.0. The number of phenolic OH excluding ortho intramolecular Hbond substituents is 4. The van der Waals surface area contributed by atoms with E-state index in [1.165, 1.54) is 61.6 Å². The van der Waals surface area contributed by atoms with Crippen molar-refractivity contribution in [3.05, 3.63) is 164 Å². The predicted octanol–water partition coefficient (Wildman–Crippen LogP) is 0.217. The Balaban J connectivity index is 1.05. The number of halogens is 2. The van der Waals surface area contributed by atoms with Gasteiger partial charge in [0.2, 0.25) is 59.7 Å². The monoisotopic (exact) mass is 1720 g/mol. The van der Waals surface area contributed by atoms with Gasteiger partial charge >= 0.3 is 0 Å².